The second-order valence-corrected chi connectivity index (χ2v) is 9.50. The van der Waals surface area contributed by atoms with Crippen LogP contribution in [0.15, 0.2) is 24.3 Å². The van der Waals surface area contributed by atoms with Crippen molar-refractivity contribution in [1.82, 2.24) is 0 Å². The van der Waals surface area contributed by atoms with Crippen LogP contribution < -0.4 is 0 Å². The third kappa shape index (κ3) is 19.1. The van der Waals surface area contributed by atoms with Gasteiger partial charge in [-0.2, -0.15) is 35.2 Å². The number of benzene rings is 2. The number of aryl methyl sites for hydroxylation is 2. The number of fused-ring (bicyclic) bond motifs is 2. The Bertz CT molecular complexity index is 811. The van der Waals surface area contributed by atoms with Gasteiger partial charge in [0.25, 0.3) is 0 Å². The Morgan fingerprint density at radius 2 is 1.27 bits per heavy atom. The smallest absolute Gasteiger partial charge is 0 e. The Kier molecular flexibility index (Phi) is 48.7. The van der Waals surface area contributed by atoms with Crippen LogP contribution in [0.4, 0.5) is 0 Å². The van der Waals surface area contributed by atoms with Gasteiger partial charge in [-0.3, -0.25) is 0 Å². The molecule has 3 radical (unpaired) electrons. The molecule has 2 aromatic rings. The molecule has 0 saturated carbocycles. The summed E-state index contributed by atoms with van der Waals surface area (Å²) < 4.78 is 0. The van der Waals surface area contributed by atoms with Crippen molar-refractivity contribution in [3.8, 4) is 0 Å². The van der Waals surface area contributed by atoms with Crippen LogP contribution in [-0.4, -0.2) is 0 Å². The Morgan fingerprint density at radius 3 is 1.76 bits per heavy atom. The van der Waals surface area contributed by atoms with E-state index in [1.54, 1.807) is 22.3 Å². The topological polar surface area (TPSA) is 0 Å². The maximum absolute atomic E-state index is 3.58. The summed E-state index contributed by atoms with van der Waals surface area (Å²) in [5.74, 6) is 1.95. The molecule has 1 unspecified atom stereocenters. The summed E-state index contributed by atoms with van der Waals surface area (Å²) in [5.41, 5.74) is 10.7. The first-order chi connectivity index (χ1) is 18.4. The third-order valence-corrected chi connectivity index (χ3v) is 6.45. The molecule has 0 heterocycles. The van der Waals surface area contributed by atoms with Gasteiger partial charge >= 0.3 is 0 Å². The summed E-state index contributed by atoms with van der Waals surface area (Å²) in [5, 5.41) is 0. The third-order valence-electron chi connectivity index (χ3n) is 6.45. The molecule has 3 atom stereocenters. The molecule has 3 heteroatoms. The van der Waals surface area contributed by atoms with Gasteiger partial charge in [0.15, 0.2) is 0 Å². The molecule has 0 saturated heterocycles. The Hall–Kier alpha value is 1.75. The van der Waals surface area contributed by atoms with Gasteiger partial charge in [0.1, 0.15) is 0 Å². The minimum Gasteiger partial charge on any atom is -0.335 e. The molecule has 0 aromatic heterocycles. The maximum atomic E-state index is 3.58. The van der Waals surface area contributed by atoms with Crippen molar-refractivity contribution >= 4 is 0 Å². The van der Waals surface area contributed by atoms with Crippen molar-refractivity contribution in [2.75, 3.05) is 0 Å². The molecule has 0 N–H and O–H groups in total. The Morgan fingerprint density at radius 1 is 0.780 bits per heavy atom. The minimum absolute atomic E-state index is 0. The molecular weight excluding hydrogens is 723 g/mol. The second kappa shape index (κ2) is 36.2. The fourth-order valence-corrected chi connectivity index (χ4v) is 4.94. The maximum Gasteiger partial charge on any atom is 0 e. The fraction of sp³-hybridized carbons (Fsp3) is 0.658. The van der Waals surface area contributed by atoms with E-state index in [1.165, 1.54) is 48.8 Å². The predicted molar refractivity (Wildman–Crippen MR) is 179 cm³/mol. The molecular formula is C38H68Y3-2. The Labute approximate surface area is 336 Å². The number of hydrogen-bond donors (Lipinski definition) is 0. The number of hydrogen-bond acceptors (Lipinski definition) is 0. The average Bonchev–Trinajstić information content (AvgIpc) is 2.95. The van der Waals surface area contributed by atoms with Crippen LogP contribution in [0.5, 0.6) is 0 Å². The zero-order valence-electron chi connectivity index (χ0n) is 30.6. The molecule has 231 valence electrons. The van der Waals surface area contributed by atoms with Crippen LogP contribution in [0.25, 0.3) is 0 Å². The van der Waals surface area contributed by atoms with Gasteiger partial charge in [0, 0.05) is 98.1 Å². The minimum atomic E-state index is 0. The van der Waals surface area contributed by atoms with Crippen molar-refractivity contribution in [2.24, 2.45) is 11.8 Å². The van der Waals surface area contributed by atoms with Crippen LogP contribution in [0, 0.1) is 38.2 Å². The van der Waals surface area contributed by atoms with E-state index in [4.69, 9.17) is 0 Å². The molecule has 0 fully saturated rings. The van der Waals surface area contributed by atoms with Gasteiger partial charge in [-0.15, -0.1) is 5.56 Å². The van der Waals surface area contributed by atoms with Crippen molar-refractivity contribution < 1.29 is 98.1 Å². The molecule has 41 heavy (non-hydrogen) atoms. The zero-order chi connectivity index (χ0) is 30.3. The van der Waals surface area contributed by atoms with Gasteiger partial charge in [-0.1, -0.05) is 147 Å². The van der Waals surface area contributed by atoms with Crippen molar-refractivity contribution in [3.05, 3.63) is 75.7 Å². The van der Waals surface area contributed by atoms with Crippen molar-refractivity contribution in [2.45, 2.75) is 155 Å². The van der Waals surface area contributed by atoms with E-state index >= 15 is 0 Å². The van der Waals surface area contributed by atoms with E-state index in [9.17, 15) is 0 Å². The van der Waals surface area contributed by atoms with Gasteiger partial charge in [-0.05, 0) is 42.2 Å². The summed E-state index contributed by atoms with van der Waals surface area (Å²) in [6.45, 7) is 33.9. The van der Waals surface area contributed by atoms with Gasteiger partial charge in [0.05, 0.1) is 0 Å². The standard InChI is InChI=1S/C24H28.2C3H8.4C2H6.3Y/c1-15-9-12-22-20(13-15)14-17(3)18(4)24(22)23-16(2)10-11-19-7-5-6-8-21(19)23;2*1-3-2;4*1-2;;;/h5,9,11-13,17-18,24H,6-8,14H2,1-4H3;2*3H2,1-2H3;4*1-2H3;;;/q-2;;;;;;;;;/t17?,18-,24-;;;;;;;;;/m1........./s1. The quantitative estimate of drug-likeness (QED) is 0.252. The van der Waals surface area contributed by atoms with Crippen LogP contribution in [0.2, 0.25) is 0 Å². The summed E-state index contributed by atoms with van der Waals surface area (Å²) in [6, 6.07) is 13.0. The monoisotopic (exact) mass is 791 g/mol. The molecule has 2 aliphatic rings. The largest absolute Gasteiger partial charge is 0.335 e. The first-order valence-electron chi connectivity index (χ1n) is 16.3. The van der Waals surface area contributed by atoms with E-state index < -0.39 is 0 Å². The normalized spacial score (nSPS) is 16.6. The zero-order valence-corrected chi connectivity index (χ0v) is 39.1. The predicted octanol–water partition coefficient (Wildman–Crippen LogP) is 12.7. The second-order valence-electron chi connectivity index (χ2n) is 9.50. The van der Waals surface area contributed by atoms with Gasteiger partial charge in [-0.25, -0.2) is 6.42 Å². The van der Waals surface area contributed by atoms with E-state index in [0.29, 0.717) is 11.8 Å². The molecule has 0 nitrogen and oxygen atoms in total. The molecule has 2 aromatic carbocycles. The van der Waals surface area contributed by atoms with Crippen molar-refractivity contribution in [3.63, 3.8) is 0 Å². The molecule has 2 aliphatic carbocycles. The van der Waals surface area contributed by atoms with E-state index in [2.05, 4.69) is 92.1 Å². The fourth-order valence-electron chi connectivity index (χ4n) is 4.94. The van der Waals surface area contributed by atoms with Crippen molar-refractivity contribution in [1.29, 1.82) is 0 Å². The van der Waals surface area contributed by atoms with Crippen LogP contribution in [0.3, 0.4) is 0 Å². The number of rotatable bonds is 1. The van der Waals surface area contributed by atoms with Gasteiger partial charge in [0.2, 0.25) is 0 Å². The van der Waals surface area contributed by atoms with Gasteiger partial charge < -0.3 is 6.42 Å². The SMILES string of the molecule is CC.CC.CC.CC.CCC.CCC.Cc1ccc2c(c1)CC(C)[C@@H](C)[C@H]2c1c(C)[c-]cc2c1CC[CH-]C2.[Y].[Y].[Y]. The average molecular weight is 792 g/mol. The van der Waals surface area contributed by atoms with Crippen LogP contribution in [0.1, 0.15) is 161 Å². The molecule has 4 rings (SSSR count). The first-order valence-corrected chi connectivity index (χ1v) is 16.3. The molecule has 0 spiro atoms. The summed E-state index contributed by atoms with van der Waals surface area (Å²) in [4.78, 5) is 0. The van der Waals surface area contributed by atoms with E-state index in [0.717, 1.165) is 12.3 Å². The molecule has 0 bridgehead atoms. The summed E-state index contributed by atoms with van der Waals surface area (Å²) in [6.07, 6.45) is 9.70. The summed E-state index contributed by atoms with van der Waals surface area (Å²) in [7, 11) is 0. The first kappa shape index (κ1) is 55.2. The van der Waals surface area contributed by atoms with Crippen LogP contribution in [-0.2, 0) is 117 Å². The molecule has 0 amide bonds. The van der Waals surface area contributed by atoms with E-state index in [-0.39, 0.29) is 98.1 Å². The summed E-state index contributed by atoms with van der Waals surface area (Å²) >= 11 is 0. The van der Waals surface area contributed by atoms with E-state index in [1.807, 2.05) is 55.4 Å². The molecule has 0 aliphatic heterocycles. The van der Waals surface area contributed by atoms with Crippen LogP contribution >= 0.6 is 0 Å². The Balaban J connectivity index is -0.000000157.